The molecule has 0 spiro atoms. The number of carbonyl (C=O) groups excluding carboxylic acids is 2. The fourth-order valence-corrected chi connectivity index (χ4v) is 2.15. The van der Waals surface area contributed by atoms with E-state index in [0.717, 1.165) is 0 Å². The van der Waals surface area contributed by atoms with Gasteiger partial charge in [0.05, 0.1) is 25.2 Å². The average Bonchev–Trinajstić information content (AvgIpc) is 2.78. The first-order valence-electron chi connectivity index (χ1n) is 6.80. The van der Waals surface area contributed by atoms with Crippen LogP contribution in [0.25, 0.3) is 0 Å². The first kappa shape index (κ1) is 16.9. The van der Waals surface area contributed by atoms with Crippen molar-refractivity contribution in [3.8, 4) is 0 Å². The van der Waals surface area contributed by atoms with Crippen molar-refractivity contribution in [1.29, 1.82) is 0 Å². The number of aliphatic hydroxyl groups is 1. The maximum atomic E-state index is 11.9. The summed E-state index contributed by atoms with van der Waals surface area (Å²) in [6.07, 6.45) is 0.104. The Kier molecular flexibility index (Phi) is 7.50. The Hall–Kier alpha value is -1.18. The highest BCUT2D eigenvalue weighted by Crippen LogP contribution is 2.17. The van der Waals surface area contributed by atoms with Crippen LogP contribution in [-0.2, 0) is 19.1 Å². The number of amides is 2. The van der Waals surface area contributed by atoms with Crippen molar-refractivity contribution >= 4 is 11.8 Å². The summed E-state index contributed by atoms with van der Waals surface area (Å²) in [5.41, 5.74) is 0. The van der Waals surface area contributed by atoms with Gasteiger partial charge >= 0.3 is 0 Å². The molecule has 7 heteroatoms. The van der Waals surface area contributed by atoms with Gasteiger partial charge in [0.2, 0.25) is 11.8 Å². The van der Waals surface area contributed by atoms with Gasteiger partial charge in [-0.15, -0.1) is 0 Å². The standard InChI is InChI=1S/C13H24N2O5/c1-19-6-5-15-8-10(7-12(15)17)13(18)14-4-3-11(16)9-20-2/h10-11,16H,3-9H2,1-2H3,(H,14,18). The monoisotopic (exact) mass is 288 g/mol. The molecular weight excluding hydrogens is 264 g/mol. The summed E-state index contributed by atoms with van der Waals surface area (Å²) in [6.45, 7) is 2.07. The van der Waals surface area contributed by atoms with Gasteiger partial charge in [-0.05, 0) is 6.42 Å². The summed E-state index contributed by atoms with van der Waals surface area (Å²) in [5, 5.41) is 12.2. The maximum Gasteiger partial charge on any atom is 0.225 e. The fraction of sp³-hybridized carbons (Fsp3) is 0.846. The molecule has 0 saturated carbocycles. The van der Waals surface area contributed by atoms with Gasteiger partial charge in [0.25, 0.3) is 0 Å². The largest absolute Gasteiger partial charge is 0.391 e. The second-order valence-electron chi connectivity index (χ2n) is 4.92. The SMILES string of the molecule is COCCN1CC(C(=O)NCCC(O)COC)CC1=O. The summed E-state index contributed by atoms with van der Waals surface area (Å²) in [7, 11) is 3.09. The van der Waals surface area contributed by atoms with Crippen LogP contribution < -0.4 is 5.32 Å². The van der Waals surface area contributed by atoms with E-state index in [0.29, 0.717) is 32.7 Å². The molecule has 1 aliphatic heterocycles. The summed E-state index contributed by atoms with van der Waals surface area (Å²) in [5.74, 6) is -0.455. The van der Waals surface area contributed by atoms with E-state index in [1.807, 2.05) is 0 Å². The van der Waals surface area contributed by atoms with Crippen molar-refractivity contribution < 1.29 is 24.2 Å². The Morgan fingerprint density at radius 3 is 2.90 bits per heavy atom. The minimum atomic E-state index is -0.580. The van der Waals surface area contributed by atoms with E-state index < -0.39 is 6.10 Å². The predicted molar refractivity (Wildman–Crippen MR) is 72.1 cm³/mol. The van der Waals surface area contributed by atoms with Crippen LogP contribution in [0.3, 0.4) is 0 Å². The first-order chi connectivity index (χ1) is 9.58. The second kappa shape index (κ2) is 8.89. The number of aliphatic hydroxyl groups excluding tert-OH is 1. The number of carbonyl (C=O) groups is 2. The van der Waals surface area contributed by atoms with E-state index in [1.165, 1.54) is 7.11 Å². The third-order valence-corrected chi connectivity index (χ3v) is 3.29. The highest BCUT2D eigenvalue weighted by molar-refractivity contribution is 5.89. The van der Waals surface area contributed by atoms with Gasteiger partial charge in [-0.2, -0.15) is 0 Å². The highest BCUT2D eigenvalue weighted by Gasteiger charge is 2.33. The van der Waals surface area contributed by atoms with E-state index in [2.05, 4.69) is 5.32 Å². The number of nitrogens with zero attached hydrogens (tertiary/aromatic N) is 1. The molecule has 2 atom stereocenters. The van der Waals surface area contributed by atoms with Crippen LogP contribution in [-0.4, -0.2) is 75.0 Å². The number of hydrogen-bond acceptors (Lipinski definition) is 5. The van der Waals surface area contributed by atoms with Crippen molar-refractivity contribution in [3.05, 3.63) is 0 Å². The van der Waals surface area contributed by atoms with Crippen LogP contribution in [0.15, 0.2) is 0 Å². The van der Waals surface area contributed by atoms with E-state index in [-0.39, 0.29) is 30.8 Å². The quantitative estimate of drug-likeness (QED) is 0.568. The second-order valence-corrected chi connectivity index (χ2v) is 4.92. The minimum Gasteiger partial charge on any atom is -0.391 e. The van der Waals surface area contributed by atoms with Crippen molar-refractivity contribution in [3.63, 3.8) is 0 Å². The molecule has 20 heavy (non-hydrogen) atoms. The molecule has 0 aromatic rings. The molecule has 0 aromatic heterocycles. The van der Waals surface area contributed by atoms with E-state index in [9.17, 15) is 14.7 Å². The number of methoxy groups -OCH3 is 2. The van der Waals surface area contributed by atoms with Crippen LogP contribution in [0.4, 0.5) is 0 Å². The van der Waals surface area contributed by atoms with Gasteiger partial charge in [0, 0.05) is 40.3 Å². The first-order valence-corrected chi connectivity index (χ1v) is 6.80. The van der Waals surface area contributed by atoms with Crippen LogP contribution in [0.1, 0.15) is 12.8 Å². The summed E-state index contributed by atoms with van der Waals surface area (Å²) in [6, 6.07) is 0. The zero-order chi connectivity index (χ0) is 15.0. The lowest BCUT2D eigenvalue weighted by Gasteiger charge is -2.16. The summed E-state index contributed by atoms with van der Waals surface area (Å²) >= 11 is 0. The van der Waals surface area contributed by atoms with Crippen molar-refractivity contribution in [2.75, 3.05) is 47.1 Å². The Labute approximate surface area is 119 Å². The molecule has 1 fully saturated rings. The molecule has 2 amide bonds. The van der Waals surface area contributed by atoms with Gasteiger partial charge in [-0.3, -0.25) is 9.59 Å². The maximum absolute atomic E-state index is 11.9. The molecule has 1 saturated heterocycles. The van der Waals surface area contributed by atoms with Crippen molar-refractivity contribution in [1.82, 2.24) is 10.2 Å². The minimum absolute atomic E-state index is 0.0124. The third-order valence-electron chi connectivity index (χ3n) is 3.29. The number of likely N-dealkylation sites (tertiary alicyclic amines) is 1. The molecule has 0 radical (unpaired) electrons. The van der Waals surface area contributed by atoms with E-state index >= 15 is 0 Å². The average molecular weight is 288 g/mol. The molecule has 1 heterocycles. The van der Waals surface area contributed by atoms with E-state index in [4.69, 9.17) is 9.47 Å². The Balaban J connectivity index is 2.25. The van der Waals surface area contributed by atoms with Crippen LogP contribution in [0, 0.1) is 5.92 Å². The smallest absolute Gasteiger partial charge is 0.225 e. The predicted octanol–water partition coefficient (Wildman–Crippen LogP) is -1.01. The lowest BCUT2D eigenvalue weighted by Crippen LogP contribution is -2.35. The number of hydrogen-bond donors (Lipinski definition) is 2. The molecule has 0 aromatic carbocycles. The van der Waals surface area contributed by atoms with E-state index in [1.54, 1.807) is 12.0 Å². The molecule has 0 aliphatic carbocycles. The Morgan fingerprint density at radius 2 is 2.25 bits per heavy atom. The van der Waals surface area contributed by atoms with Crippen LogP contribution >= 0.6 is 0 Å². The summed E-state index contributed by atoms with van der Waals surface area (Å²) < 4.78 is 9.73. The Morgan fingerprint density at radius 1 is 1.50 bits per heavy atom. The molecule has 1 aliphatic rings. The van der Waals surface area contributed by atoms with Crippen molar-refractivity contribution in [2.45, 2.75) is 18.9 Å². The lowest BCUT2D eigenvalue weighted by molar-refractivity contribution is -0.129. The van der Waals surface area contributed by atoms with Gasteiger partial charge in [-0.25, -0.2) is 0 Å². The Bertz CT molecular complexity index is 324. The molecule has 7 nitrogen and oxygen atoms in total. The van der Waals surface area contributed by atoms with Crippen LogP contribution in [0.2, 0.25) is 0 Å². The normalized spacial score (nSPS) is 20.2. The number of rotatable bonds is 9. The topological polar surface area (TPSA) is 88.1 Å². The lowest BCUT2D eigenvalue weighted by atomic mass is 10.1. The number of nitrogens with one attached hydrogen (secondary N) is 1. The molecule has 116 valence electrons. The molecule has 1 rings (SSSR count). The highest BCUT2D eigenvalue weighted by atomic mass is 16.5. The summed E-state index contributed by atoms with van der Waals surface area (Å²) in [4.78, 5) is 25.3. The van der Waals surface area contributed by atoms with Gasteiger partial charge in [0.1, 0.15) is 0 Å². The zero-order valence-corrected chi connectivity index (χ0v) is 12.1. The van der Waals surface area contributed by atoms with Gasteiger partial charge in [-0.1, -0.05) is 0 Å². The van der Waals surface area contributed by atoms with Crippen molar-refractivity contribution in [2.24, 2.45) is 5.92 Å². The molecule has 2 unspecified atom stereocenters. The van der Waals surface area contributed by atoms with Gasteiger partial charge in [0.15, 0.2) is 0 Å². The molecule has 0 bridgehead atoms. The van der Waals surface area contributed by atoms with Gasteiger partial charge < -0.3 is 24.8 Å². The third kappa shape index (κ3) is 5.44. The fourth-order valence-electron chi connectivity index (χ4n) is 2.15. The van der Waals surface area contributed by atoms with Crippen LogP contribution in [0.5, 0.6) is 0 Å². The zero-order valence-electron chi connectivity index (χ0n) is 12.1. The molecule has 2 N–H and O–H groups in total. The number of ether oxygens (including phenoxy) is 2. The molecular formula is C13H24N2O5.